The standard InChI is InChI=1S/C9H10N4/c1-2-3-7-6-11-8-4-5-12-13(8)9(7)10/h2-6H,10H2,1H3/b3-2-. The van der Waals surface area contributed by atoms with Crippen molar-refractivity contribution >= 4 is 17.5 Å². The molecule has 66 valence electrons. The van der Waals surface area contributed by atoms with Crippen LogP contribution in [0.15, 0.2) is 24.5 Å². The van der Waals surface area contributed by atoms with Crippen LogP contribution in [0.4, 0.5) is 5.82 Å². The van der Waals surface area contributed by atoms with Crippen LogP contribution in [-0.2, 0) is 0 Å². The normalized spacial score (nSPS) is 11.5. The zero-order valence-corrected chi connectivity index (χ0v) is 7.31. The van der Waals surface area contributed by atoms with Crippen molar-refractivity contribution in [3.05, 3.63) is 30.1 Å². The maximum absolute atomic E-state index is 5.86. The molecule has 0 bridgehead atoms. The SMILES string of the molecule is C/C=C\c1cnc2ccnn2c1N. The number of anilines is 1. The summed E-state index contributed by atoms with van der Waals surface area (Å²) in [5.74, 6) is 0.619. The second kappa shape index (κ2) is 2.90. The van der Waals surface area contributed by atoms with Gasteiger partial charge >= 0.3 is 0 Å². The molecule has 0 spiro atoms. The predicted molar refractivity (Wildman–Crippen MR) is 52.1 cm³/mol. The molecule has 0 aliphatic rings. The van der Waals surface area contributed by atoms with Gasteiger partial charge in [0.05, 0.1) is 6.20 Å². The Labute approximate surface area is 75.7 Å². The van der Waals surface area contributed by atoms with Gasteiger partial charge in [-0.3, -0.25) is 0 Å². The number of fused-ring (bicyclic) bond motifs is 1. The highest BCUT2D eigenvalue weighted by Gasteiger charge is 2.02. The fraction of sp³-hybridized carbons (Fsp3) is 0.111. The van der Waals surface area contributed by atoms with E-state index in [2.05, 4.69) is 10.1 Å². The Kier molecular flexibility index (Phi) is 1.73. The van der Waals surface area contributed by atoms with Gasteiger partial charge in [0.1, 0.15) is 5.82 Å². The van der Waals surface area contributed by atoms with Gasteiger partial charge < -0.3 is 5.73 Å². The molecule has 2 rings (SSSR count). The van der Waals surface area contributed by atoms with Crippen LogP contribution < -0.4 is 5.73 Å². The molecule has 0 saturated heterocycles. The summed E-state index contributed by atoms with van der Waals surface area (Å²) in [4.78, 5) is 4.19. The lowest BCUT2D eigenvalue weighted by Gasteiger charge is -2.01. The summed E-state index contributed by atoms with van der Waals surface area (Å²) >= 11 is 0. The third-order valence-electron chi connectivity index (χ3n) is 1.83. The van der Waals surface area contributed by atoms with Crippen LogP contribution >= 0.6 is 0 Å². The van der Waals surface area contributed by atoms with E-state index in [0.717, 1.165) is 11.2 Å². The molecule has 0 unspecified atom stereocenters. The van der Waals surface area contributed by atoms with Crippen molar-refractivity contribution in [1.29, 1.82) is 0 Å². The first-order valence-corrected chi connectivity index (χ1v) is 4.04. The van der Waals surface area contributed by atoms with Crippen molar-refractivity contribution < 1.29 is 0 Å². The monoisotopic (exact) mass is 174 g/mol. The van der Waals surface area contributed by atoms with Crippen molar-refractivity contribution in [2.45, 2.75) is 6.92 Å². The number of hydrogen-bond donors (Lipinski definition) is 1. The molecule has 4 nitrogen and oxygen atoms in total. The summed E-state index contributed by atoms with van der Waals surface area (Å²) in [5, 5.41) is 4.06. The molecular weight excluding hydrogens is 164 g/mol. The molecule has 0 fully saturated rings. The number of nitrogen functional groups attached to an aromatic ring is 1. The lowest BCUT2D eigenvalue weighted by molar-refractivity contribution is 0.949. The van der Waals surface area contributed by atoms with Gasteiger partial charge in [-0.1, -0.05) is 12.2 Å². The molecule has 0 radical (unpaired) electrons. The highest BCUT2D eigenvalue weighted by molar-refractivity contribution is 5.63. The summed E-state index contributed by atoms with van der Waals surface area (Å²) in [7, 11) is 0. The first-order chi connectivity index (χ1) is 6.33. The van der Waals surface area contributed by atoms with Crippen molar-refractivity contribution in [3.63, 3.8) is 0 Å². The molecule has 2 heterocycles. The zero-order valence-electron chi connectivity index (χ0n) is 7.31. The Hall–Kier alpha value is -1.84. The molecule has 2 aromatic rings. The van der Waals surface area contributed by atoms with Crippen molar-refractivity contribution in [2.24, 2.45) is 0 Å². The van der Waals surface area contributed by atoms with Crippen molar-refractivity contribution in [1.82, 2.24) is 14.6 Å². The summed E-state index contributed by atoms with van der Waals surface area (Å²) in [6.45, 7) is 1.94. The lowest BCUT2D eigenvalue weighted by Crippen LogP contribution is -2.02. The van der Waals surface area contributed by atoms with Crippen LogP contribution in [0.25, 0.3) is 11.7 Å². The fourth-order valence-electron chi connectivity index (χ4n) is 1.21. The molecule has 0 aromatic carbocycles. The second-order valence-electron chi connectivity index (χ2n) is 2.70. The van der Waals surface area contributed by atoms with E-state index < -0.39 is 0 Å². The minimum absolute atomic E-state index is 0.619. The Balaban J connectivity index is 2.73. The van der Waals surface area contributed by atoms with E-state index in [1.807, 2.05) is 25.1 Å². The van der Waals surface area contributed by atoms with Crippen LogP contribution in [0.3, 0.4) is 0 Å². The molecule has 13 heavy (non-hydrogen) atoms. The van der Waals surface area contributed by atoms with E-state index in [-0.39, 0.29) is 0 Å². The van der Waals surface area contributed by atoms with Gasteiger partial charge in [0.25, 0.3) is 0 Å². The topological polar surface area (TPSA) is 56.2 Å². The highest BCUT2D eigenvalue weighted by Crippen LogP contribution is 2.13. The van der Waals surface area contributed by atoms with E-state index in [4.69, 9.17) is 5.73 Å². The third kappa shape index (κ3) is 1.16. The minimum atomic E-state index is 0.619. The summed E-state index contributed by atoms with van der Waals surface area (Å²) in [5.41, 5.74) is 7.52. The average molecular weight is 174 g/mol. The quantitative estimate of drug-likeness (QED) is 0.709. The molecule has 4 heteroatoms. The summed E-state index contributed by atoms with van der Waals surface area (Å²) in [6.07, 6.45) is 7.25. The Morgan fingerprint density at radius 3 is 3.15 bits per heavy atom. The maximum atomic E-state index is 5.86. The van der Waals surface area contributed by atoms with Gasteiger partial charge in [0.2, 0.25) is 0 Å². The van der Waals surface area contributed by atoms with E-state index in [9.17, 15) is 0 Å². The van der Waals surface area contributed by atoms with Crippen LogP contribution in [0.5, 0.6) is 0 Å². The summed E-state index contributed by atoms with van der Waals surface area (Å²) < 4.78 is 1.62. The second-order valence-corrected chi connectivity index (χ2v) is 2.70. The molecule has 2 aromatic heterocycles. The van der Waals surface area contributed by atoms with Gasteiger partial charge in [0, 0.05) is 17.8 Å². The number of aromatic nitrogens is 3. The van der Waals surface area contributed by atoms with Crippen LogP contribution in [-0.4, -0.2) is 14.6 Å². The van der Waals surface area contributed by atoms with E-state index in [1.54, 1.807) is 16.9 Å². The number of nitrogens with zero attached hydrogens (tertiary/aromatic N) is 3. The Morgan fingerprint density at radius 2 is 2.38 bits per heavy atom. The number of rotatable bonds is 1. The van der Waals surface area contributed by atoms with E-state index in [0.29, 0.717) is 5.82 Å². The van der Waals surface area contributed by atoms with E-state index >= 15 is 0 Å². The largest absolute Gasteiger partial charge is 0.383 e. The number of hydrogen-bond acceptors (Lipinski definition) is 3. The molecule has 0 aliphatic carbocycles. The smallest absolute Gasteiger partial charge is 0.157 e. The Morgan fingerprint density at radius 1 is 1.54 bits per heavy atom. The molecule has 0 atom stereocenters. The molecule has 0 aliphatic heterocycles. The van der Waals surface area contributed by atoms with Crippen molar-refractivity contribution in [2.75, 3.05) is 5.73 Å². The van der Waals surface area contributed by atoms with Gasteiger partial charge in [-0.05, 0) is 6.92 Å². The molecule has 2 N–H and O–H groups in total. The maximum Gasteiger partial charge on any atom is 0.157 e. The molecule has 0 amide bonds. The van der Waals surface area contributed by atoms with Crippen LogP contribution in [0, 0.1) is 0 Å². The lowest BCUT2D eigenvalue weighted by atomic mass is 10.3. The van der Waals surface area contributed by atoms with Gasteiger partial charge in [-0.15, -0.1) is 0 Å². The number of allylic oxidation sites excluding steroid dienone is 1. The van der Waals surface area contributed by atoms with Gasteiger partial charge in [-0.25, -0.2) is 4.98 Å². The minimum Gasteiger partial charge on any atom is -0.383 e. The first kappa shape index (κ1) is 7.79. The van der Waals surface area contributed by atoms with Crippen molar-refractivity contribution in [3.8, 4) is 0 Å². The van der Waals surface area contributed by atoms with Crippen LogP contribution in [0.2, 0.25) is 0 Å². The molecular formula is C9H10N4. The van der Waals surface area contributed by atoms with E-state index in [1.165, 1.54) is 0 Å². The third-order valence-corrected chi connectivity index (χ3v) is 1.83. The first-order valence-electron chi connectivity index (χ1n) is 4.04. The van der Waals surface area contributed by atoms with Gasteiger partial charge in [-0.2, -0.15) is 9.61 Å². The Bertz CT molecular complexity index is 456. The molecule has 0 saturated carbocycles. The highest BCUT2D eigenvalue weighted by atomic mass is 15.3. The van der Waals surface area contributed by atoms with Gasteiger partial charge in [0.15, 0.2) is 5.65 Å². The predicted octanol–water partition coefficient (Wildman–Crippen LogP) is 1.34. The fourth-order valence-corrected chi connectivity index (χ4v) is 1.21. The zero-order chi connectivity index (χ0) is 9.26. The average Bonchev–Trinajstić information content (AvgIpc) is 2.58. The number of nitrogens with two attached hydrogens (primary N) is 1. The summed E-state index contributed by atoms with van der Waals surface area (Å²) in [6, 6.07) is 1.82. The van der Waals surface area contributed by atoms with Crippen LogP contribution in [0.1, 0.15) is 12.5 Å².